The van der Waals surface area contributed by atoms with E-state index in [0.29, 0.717) is 45.6 Å². The van der Waals surface area contributed by atoms with Crippen LogP contribution in [0.4, 0.5) is 20.8 Å². The number of benzene rings is 2. The molecule has 4 aromatic rings. The second kappa shape index (κ2) is 9.75. The number of carbonyl (C=O) groups is 2. The van der Waals surface area contributed by atoms with Crippen LogP contribution in [0.5, 0.6) is 0 Å². The Morgan fingerprint density at radius 2 is 1.95 bits per heavy atom. The molecular weight excluding hydrogens is 537 g/mol. The lowest BCUT2D eigenvalue weighted by Gasteiger charge is -2.14. The van der Waals surface area contributed by atoms with Gasteiger partial charge in [-0.2, -0.15) is 9.61 Å². The molecule has 0 bridgehead atoms. The molecule has 3 amide bonds. The van der Waals surface area contributed by atoms with Crippen LogP contribution in [-0.4, -0.2) is 47.3 Å². The van der Waals surface area contributed by atoms with Crippen molar-refractivity contribution in [2.45, 2.75) is 30.3 Å². The normalized spacial score (nSPS) is 16.3. The second-order valence-electron chi connectivity index (χ2n) is 9.70. The fraction of sp³-hybridized carbons (Fsp3) is 0.185. The number of anilines is 2. The Hall–Kier alpha value is -4.78. The molecule has 1 saturated heterocycles. The van der Waals surface area contributed by atoms with Crippen molar-refractivity contribution in [1.29, 1.82) is 0 Å². The summed E-state index contributed by atoms with van der Waals surface area (Å²) in [5.74, 6) is 0.171. The monoisotopic (exact) mass is 561 g/mol. The molecule has 2 aromatic heterocycles. The predicted octanol–water partition coefficient (Wildman–Crippen LogP) is 3.31. The molecule has 40 heavy (non-hydrogen) atoms. The van der Waals surface area contributed by atoms with Crippen molar-refractivity contribution in [2.75, 3.05) is 16.9 Å². The third kappa shape index (κ3) is 5.23. The number of nitrogens with zero attached hydrogens (tertiary/aromatic N) is 3. The van der Waals surface area contributed by atoms with Crippen molar-refractivity contribution in [3.63, 3.8) is 0 Å². The molecule has 4 N–H and O–H groups in total. The number of halogens is 1. The number of carbonyl (C=O) groups excluding carboxylic acids is 2. The van der Waals surface area contributed by atoms with Gasteiger partial charge in [0, 0.05) is 30.5 Å². The standard InChI is InChI=1S/C27H24FN7O4S/c1-40(38,39)20-4-2-3-15(10-20)21-8-5-18(28)9-16(21)13-29-23-12-24(31-19-6-7-19)35-25(33-23)17(14-30-35)11-22-26(36)34-27(37)32-22/h2-5,8-12,14,19,31H,6-7,13H2,1H3,(H,29,33)(H2,32,34,36,37)/b22-11-. The van der Waals surface area contributed by atoms with E-state index in [1.165, 1.54) is 24.3 Å². The number of fused-ring (bicyclic) bond motifs is 1. The van der Waals surface area contributed by atoms with Crippen LogP contribution in [0.1, 0.15) is 24.0 Å². The average molecular weight is 562 g/mol. The lowest BCUT2D eigenvalue weighted by molar-refractivity contribution is -0.115. The van der Waals surface area contributed by atoms with Gasteiger partial charge in [-0.25, -0.2) is 22.6 Å². The average Bonchev–Trinajstić information content (AvgIpc) is 3.55. The number of urea groups is 1. The third-order valence-electron chi connectivity index (χ3n) is 6.55. The van der Waals surface area contributed by atoms with E-state index in [9.17, 15) is 22.4 Å². The van der Waals surface area contributed by atoms with Gasteiger partial charge in [0.25, 0.3) is 5.91 Å². The molecule has 6 rings (SSSR count). The van der Waals surface area contributed by atoms with E-state index >= 15 is 0 Å². The zero-order valence-corrected chi connectivity index (χ0v) is 22.0. The first-order valence-corrected chi connectivity index (χ1v) is 14.4. The van der Waals surface area contributed by atoms with Crippen molar-refractivity contribution < 1.29 is 22.4 Å². The lowest BCUT2D eigenvalue weighted by atomic mass is 9.99. The largest absolute Gasteiger partial charge is 0.367 e. The molecule has 0 unspecified atom stereocenters. The summed E-state index contributed by atoms with van der Waals surface area (Å²) in [5, 5.41) is 15.7. The maximum absolute atomic E-state index is 14.3. The molecule has 0 radical (unpaired) electrons. The van der Waals surface area contributed by atoms with Crippen molar-refractivity contribution in [1.82, 2.24) is 25.2 Å². The van der Waals surface area contributed by atoms with Crippen LogP contribution in [0.2, 0.25) is 0 Å². The molecule has 3 heterocycles. The number of aromatic nitrogens is 3. The van der Waals surface area contributed by atoms with Crippen LogP contribution >= 0.6 is 0 Å². The van der Waals surface area contributed by atoms with E-state index in [4.69, 9.17) is 0 Å². The Bertz CT molecular complexity index is 1830. The third-order valence-corrected chi connectivity index (χ3v) is 7.66. The van der Waals surface area contributed by atoms with Gasteiger partial charge in [0.2, 0.25) is 0 Å². The molecule has 11 nitrogen and oxygen atoms in total. The number of nitrogens with one attached hydrogen (secondary N) is 4. The van der Waals surface area contributed by atoms with Gasteiger partial charge in [-0.1, -0.05) is 18.2 Å². The number of hydrogen-bond acceptors (Lipinski definition) is 8. The maximum atomic E-state index is 14.3. The zero-order valence-electron chi connectivity index (χ0n) is 21.2. The summed E-state index contributed by atoms with van der Waals surface area (Å²) in [7, 11) is -3.42. The van der Waals surface area contributed by atoms with Crippen molar-refractivity contribution in [2.24, 2.45) is 0 Å². The molecule has 1 aliphatic carbocycles. The van der Waals surface area contributed by atoms with Gasteiger partial charge in [-0.05, 0) is 59.9 Å². The topological polar surface area (TPSA) is 147 Å². The highest BCUT2D eigenvalue weighted by Crippen LogP contribution is 2.30. The van der Waals surface area contributed by atoms with Crippen LogP contribution in [-0.2, 0) is 21.2 Å². The fourth-order valence-electron chi connectivity index (χ4n) is 4.42. The van der Waals surface area contributed by atoms with Crippen molar-refractivity contribution in [3.05, 3.63) is 77.4 Å². The van der Waals surface area contributed by atoms with E-state index < -0.39 is 27.6 Å². The SMILES string of the molecule is CS(=O)(=O)c1cccc(-c2ccc(F)cc2CNc2cc(NC3CC3)n3ncc(/C=C4\NC(=O)NC4=O)c3n2)c1. The Labute approximate surface area is 228 Å². The first-order chi connectivity index (χ1) is 19.1. The minimum atomic E-state index is -3.42. The predicted molar refractivity (Wildman–Crippen MR) is 147 cm³/mol. The zero-order chi connectivity index (χ0) is 28.0. The van der Waals surface area contributed by atoms with Crippen LogP contribution in [0, 0.1) is 5.82 Å². The summed E-state index contributed by atoms with van der Waals surface area (Å²) in [6.07, 6.45) is 6.24. The Balaban J connectivity index is 1.35. The molecule has 2 aromatic carbocycles. The molecule has 1 aliphatic heterocycles. The molecule has 0 atom stereocenters. The van der Waals surface area contributed by atoms with Gasteiger partial charge in [0.15, 0.2) is 15.5 Å². The summed E-state index contributed by atoms with van der Waals surface area (Å²) in [6, 6.07) is 12.4. The number of rotatable bonds is 8. The number of imide groups is 1. The smallest absolute Gasteiger partial charge is 0.326 e. The van der Waals surface area contributed by atoms with Crippen LogP contribution < -0.4 is 21.3 Å². The summed E-state index contributed by atoms with van der Waals surface area (Å²) >= 11 is 0. The van der Waals surface area contributed by atoms with Crippen LogP contribution in [0.25, 0.3) is 22.9 Å². The fourth-order valence-corrected chi connectivity index (χ4v) is 5.09. The van der Waals surface area contributed by atoms with Gasteiger partial charge >= 0.3 is 6.03 Å². The summed E-state index contributed by atoms with van der Waals surface area (Å²) in [4.78, 5) is 28.4. The van der Waals surface area contributed by atoms with E-state index in [0.717, 1.165) is 19.1 Å². The first-order valence-electron chi connectivity index (χ1n) is 12.5. The maximum Gasteiger partial charge on any atom is 0.326 e. The molecule has 2 fully saturated rings. The highest BCUT2D eigenvalue weighted by Gasteiger charge is 2.25. The molecule has 204 valence electrons. The van der Waals surface area contributed by atoms with Gasteiger partial charge in [0.05, 0.1) is 11.1 Å². The van der Waals surface area contributed by atoms with Crippen LogP contribution in [0.15, 0.2) is 65.3 Å². The van der Waals surface area contributed by atoms with Crippen molar-refractivity contribution in [3.8, 4) is 11.1 Å². The van der Waals surface area contributed by atoms with E-state index in [1.807, 2.05) is 0 Å². The van der Waals surface area contributed by atoms with Gasteiger partial charge in [-0.3, -0.25) is 10.1 Å². The minimum Gasteiger partial charge on any atom is -0.367 e. The van der Waals surface area contributed by atoms with Crippen molar-refractivity contribution >= 4 is 45.1 Å². The summed E-state index contributed by atoms with van der Waals surface area (Å²) < 4.78 is 40.1. The molecule has 2 aliphatic rings. The van der Waals surface area contributed by atoms with Gasteiger partial charge in [-0.15, -0.1) is 0 Å². The van der Waals surface area contributed by atoms with Gasteiger partial charge in [0.1, 0.15) is 23.1 Å². The minimum absolute atomic E-state index is 0.0810. The number of hydrogen-bond donors (Lipinski definition) is 4. The van der Waals surface area contributed by atoms with Gasteiger partial charge < -0.3 is 16.0 Å². The second-order valence-corrected chi connectivity index (χ2v) is 11.7. The Kier molecular flexibility index (Phi) is 6.22. The highest BCUT2D eigenvalue weighted by atomic mass is 32.2. The quantitative estimate of drug-likeness (QED) is 0.189. The van der Waals surface area contributed by atoms with E-state index in [-0.39, 0.29) is 17.1 Å². The van der Waals surface area contributed by atoms with E-state index in [1.54, 1.807) is 41.0 Å². The van der Waals surface area contributed by atoms with E-state index in [2.05, 4.69) is 31.3 Å². The summed E-state index contributed by atoms with van der Waals surface area (Å²) in [6.45, 7) is 0.186. The number of amides is 3. The Morgan fingerprint density at radius 3 is 2.67 bits per heavy atom. The lowest BCUT2D eigenvalue weighted by Crippen LogP contribution is -2.22. The van der Waals surface area contributed by atoms with Crippen LogP contribution in [0.3, 0.4) is 0 Å². The highest BCUT2D eigenvalue weighted by molar-refractivity contribution is 7.90. The Morgan fingerprint density at radius 1 is 1.12 bits per heavy atom. The summed E-state index contributed by atoms with van der Waals surface area (Å²) in [5.41, 5.74) is 2.95. The molecule has 13 heteroatoms. The molecular formula is C27H24FN7O4S. The molecule has 0 spiro atoms. The molecule has 1 saturated carbocycles. The first kappa shape index (κ1) is 25.5. The number of sulfone groups is 1.